The maximum Gasteiger partial charge on any atom is 0.129 e. The number of aromatic hydroxyl groups is 1. The third kappa shape index (κ3) is 4.69. The van der Waals surface area contributed by atoms with Crippen molar-refractivity contribution in [2.24, 2.45) is 0 Å². The molecule has 0 unspecified atom stereocenters. The molecule has 2 aromatic rings. The van der Waals surface area contributed by atoms with Crippen LogP contribution >= 0.6 is 15.9 Å². The highest BCUT2D eigenvalue weighted by Gasteiger charge is 1.99. The van der Waals surface area contributed by atoms with E-state index in [2.05, 4.69) is 30.8 Å². The maximum atomic E-state index is 9.40. The zero-order chi connectivity index (χ0) is 13.5. The van der Waals surface area contributed by atoms with Gasteiger partial charge in [0.15, 0.2) is 0 Å². The van der Waals surface area contributed by atoms with Gasteiger partial charge in [-0.3, -0.25) is 0 Å². The predicted octanol–water partition coefficient (Wildman–Crippen LogP) is 2.92. The lowest BCUT2D eigenvalue weighted by atomic mass is 10.2. The lowest BCUT2D eigenvalue weighted by Crippen LogP contribution is -2.15. The average Bonchev–Trinajstić information content (AvgIpc) is 2.91. The van der Waals surface area contributed by atoms with Crippen LogP contribution in [0.15, 0.2) is 41.4 Å². The number of hydrogen-bond acceptors (Lipinski definition) is 3. The first-order chi connectivity index (χ1) is 9.25. The van der Waals surface area contributed by atoms with E-state index in [9.17, 15) is 5.11 Å². The van der Waals surface area contributed by atoms with Gasteiger partial charge in [-0.1, -0.05) is 6.07 Å². The SMILES string of the molecule is Oc1ccc(CNCCCCn2ccnc2)cc1Br. The topological polar surface area (TPSA) is 50.1 Å². The Balaban J connectivity index is 1.60. The number of halogens is 1. The quantitative estimate of drug-likeness (QED) is 0.770. The first-order valence-electron chi connectivity index (χ1n) is 6.39. The Hall–Kier alpha value is -1.33. The molecule has 0 saturated heterocycles. The molecule has 0 bridgehead atoms. The molecule has 5 heteroatoms. The minimum atomic E-state index is 0.282. The summed E-state index contributed by atoms with van der Waals surface area (Å²) >= 11 is 3.32. The fraction of sp³-hybridized carbons (Fsp3) is 0.357. The first kappa shape index (κ1) is 14.1. The molecule has 2 N–H and O–H groups in total. The van der Waals surface area contributed by atoms with Gasteiger partial charge < -0.3 is 15.0 Å². The zero-order valence-electron chi connectivity index (χ0n) is 10.7. The average molecular weight is 324 g/mol. The summed E-state index contributed by atoms with van der Waals surface area (Å²) in [5.41, 5.74) is 1.17. The summed E-state index contributed by atoms with van der Waals surface area (Å²) in [4.78, 5) is 4.01. The normalized spacial score (nSPS) is 10.8. The number of nitrogens with zero attached hydrogens (tertiary/aromatic N) is 2. The highest BCUT2D eigenvalue weighted by Crippen LogP contribution is 2.24. The number of hydrogen-bond donors (Lipinski definition) is 2. The second-order valence-corrected chi connectivity index (χ2v) is 5.32. The van der Waals surface area contributed by atoms with E-state index < -0.39 is 0 Å². The number of benzene rings is 1. The van der Waals surface area contributed by atoms with Gasteiger partial charge in [0.25, 0.3) is 0 Å². The molecule has 0 fully saturated rings. The molecule has 1 aromatic heterocycles. The molecule has 0 aliphatic heterocycles. The van der Waals surface area contributed by atoms with Crippen LogP contribution in [0.25, 0.3) is 0 Å². The number of rotatable bonds is 7. The Labute approximate surface area is 121 Å². The molecule has 1 aromatic carbocycles. The minimum Gasteiger partial charge on any atom is -0.507 e. The summed E-state index contributed by atoms with van der Waals surface area (Å²) in [6.07, 6.45) is 7.92. The van der Waals surface area contributed by atoms with E-state index in [1.807, 2.05) is 24.7 Å². The molecular weight excluding hydrogens is 306 g/mol. The molecule has 4 nitrogen and oxygen atoms in total. The molecule has 0 spiro atoms. The van der Waals surface area contributed by atoms with E-state index in [0.717, 1.165) is 36.9 Å². The number of nitrogens with one attached hydrogen (secondary N) is 1. The monoisotopic (exact) mass is 323 g/mol. The molecule has 19 heavy (non-hydrogen) atoms. The molecule has 0 radical (unpaired) electrons. The van der Waals surface area contributed by atoms with Crippen LogP contribution in [0.5, 0.6) is 5.75 Å². The van der Waals surface area contributed by atoms with E-state index in [4.69, 9.17) is 0 Å². The van der Waals surface area contributed by atoms with Crippen molar-refractivity contribution in [3.63, 3.8) is 0 Å². The minimum absolute atomic E-state index is 0.282. The van der Waals surface area contributed by atoms with Gasteiger partial charge in [-0.05, 0) is 53.0 Å². The second kappa shape index (κ2) is 7.31. The Morgan fingerprint density at radius 2 is 2.21 bits per heavy atom. The van der Waals surface area contributed by atoms with Crippen LogP contribution in [0.3, 0.4) is 0 Å². The van der Waals surface area contributed by atoms with Gasteiger partial charge in [0.1, 0.15) is 5.75 Å². The molecule has 0 aliphatic carbocycles. The van der Waals surface area contributed by atoms with E-state index in [-0.39, 0.29) is 5.75 Å². The van der Waals surface area contributed by atoms with Crippen molar-refractivity contribution < 1.29 is 5.11 Å². The molecule has 2 rings (SSSR count). The van der Waals surface area contributed by atoms with Crippen molar-refractivity contribution in [3.05, 3.63) is 47.0 Å². The van der Waals surface area contributed by atoms with Gasteiger partial charge in [0.05, 0.1) is 10.8 Å². The number of aromatic nitrogens is 2. The fourth-order valence-corrected chi connectivity index (χ4v) is 2.28. The Morgan fingerprint density at radius 3 is 2.95 bits per heavy atom. The van der Waals surface area contributed by atoms with Crippen LogP contribution in [-0.4, -0.2) is 21.2 Å². The lowest BCUT2D eigenvalue weighted by Gasteiger charge is -2.06. The van der Waals surface area contributed by atoms with Crippen molar-refractivity contribution in [2.75, 3.05) is 6.54 Å². The first-order valence-corrected chi connectivity index (χ1v) is 7.19. The van der Waals surface area contributed by atoms with Gasteiger partial charge in [0, 0.05) is 25.5 Å². The summed E-state index contributed by atoms with van der Waals surface area (Å²) in [5, 5.41) is 12.8. The van der Waals surface area contributed by atoms with Crippen molar-refractivity contribution in [1.82, 2.24) is 14.9 Å². The number of unbranched alkanes of at least 4 members (excludes halogenated alkanes) is 1. The summed E-state index contributed by atoms with van der Waals surface area (Å²) in [6.45, 7) is 2.84. The number of imidazole rings is 1. The van der Waals surface area contributed by atoms with Crippen molar-refractivity contribution >= 4 is 15.9 Å². The molecule has 0 atom stereocenters. The van der Waals surface area contributed by atoms with Crippen LogP contribution in [0.2, 0.25) is 0 Å². The van der Waals surface area contributed by atoms with Crippen molar-refractivity contribution in [1.29, 1.82) is 0 Å². The molecule has 0 saturated carbocycles. The Kier molecular flexibility index (Phi) is 5.42. The van der Waals surface area contributed by atoms with E-state index in [1.165, 1.54) is 5.56 Å². The van der Waals surface area contributed by atoms with E-state index in [1.54, 1.807) is 12.3 Å². The summed E-state index contributed by atoms with van der Waals surface area (Å²) in [5.74, 6) is 0.282. The maximum absolute atomic E-state index is 9.40. The largest absolute Gasteiger partial charge is 0.507 e. The third-order valence-corrected chi connectivity index (χ3v) is 3.56. The number of phenolic OH excluding ortho intramolecular Hbond substituents is 1. The molecule has 1 heterocycles. The Bertz CT molecular complexity index is 499. The third-order valence-electron chi connectivity index (χ3n) is 2.92. The summed E-state index contributed by atoms with van der Waals surface area (Å²) in [6, 6.07) is 5.58. The van der Waals surface area contributed by atoms with Crippen molar-refractivity contribution in [2.45, 2.75) is 25.9 Å². The standard InChI is InChI=1S/C14H18BrN3O/c15-13-9-12(3-4-14(13)19)10-16-5-1-2-7-18-8-6-17-11-18/h3-4,6,8-9,11,16,19H,1-2,5,7,10H2. The van der Waals surface area contributed by atoms with Crippen molar-refractivity contribution in [3.8, 4) is 5.75 Å². The molecule has 0 amide bonds. The van der Waals surface area contributed by atoms with Crippen LogP contribution < -0.4 is 5.32 Å². The van der Waals surface area contributed by atoms with Crippen LogP contribution in [0.4, 0.5) is 0 Å². The van der Waals surface area contributed by atoms with E-state index in [0.29, 0.717) is 0 Å². The second-order valence-electron chi connectivity index (χ2n) is 4.47. The zero-order valence-corrected chi connectivity index (χ0v) is 12.3. The van der Waals surface area contributed by atoms with Crippen LogP contribution in [0.1, 0.15) is 18.4 Å². The van der Waals surface area contributed by atoms with Gasteiger partial charge in [-0.15, -0.1) is 0 Å². The number of aryl methyl sites for hydroxylation is 1. The highest BCUT2D eigenvalue weighted by molar-refractivity contribution is 9.10. The Morgan fingerprint density at radius 1 is 1.32 bits per heavy atom. The van der Waals surface area contributed by atoms with Gasteiger partial charge in [0.2, 0.25) is 0 Å². The fourth-order valence-electron chi connectivity index (χ4n) is 1.86. The summed E-state index contributed by atoms with van der Waals surface area (Å²) < 4.78 is 2.84. The van der Waals surface area contributed by atoms with Crippen LogP contribution in [-0.2, 0) is 13.1 Å². The predicted molar refractivity (Wildman–Crippen MR) is 79.0 cm³/mol. The number of phenols is 1. The smallest absolute Gasteiger partial charge is 0.129 e. The summed E-state index contributed by atoms with van der Waals surface area (Å²) in [7, 11) is 0. The van der Waals surface area contributed by atoms with Gasteiger partial charge in [-0.2, -0.15) is 0 Å². The van der Waals surface area contributed by atoms with Gasteiger partial charge >= 0.3 is 0 Å². The van der Waals surface area contributed by atoms with Gasteiger partial charge in [-0.25, -0.2) is 4.98 Å². The van der Waals surface area contributed by atoms with Crippen LogP contribution in [0, 0.1) is 0 Å². The highest BCUT2D eigenvalue weighted by atomic mass is 79.9. The lowest BCUT2D eigenvalue weighted by molar-refractivity contribution is 0.471. The molecule has 0 aliphatic rings. The molecular formula is C14H18BrN3O. The van der Waals surface area contributed by atoms with E-state index >= 15 is 0 Å². The molecule has 102 valence electrons.